The number of hydrogen-bond donors (Lipinski definition) is 8. The fourth-order valence-electron chi connectivity index (χ4n) is 21.4. The van der Waals surface area contributed by atoms with Crippen molar-refractivity contribution in [3.63, 3.8) is 0 Å². The van der Waals surface area contributed by atoms with Crippen molar-refractivity contribution >= 4 is 93.9 Å². The molecule has 0 spiro atoms. The molecule has 41 heteroatoms. The van der Waals surface area contributed by atoms with Gasteiger partial charge in [0.25, 0.3) is 23.7 Å². The summed E-state index contributed by atoms with van der Waals surface area (Å²) in [5.74, 6) is -10.7. The van der Waals surface area contributed by atoms with Crippen molar-refractivity contribution in [1.29, 1.82) is 0 Å². The second-order valence-corrected chi connectivity index (χ2v) is 40.0. The van der Waals surface area contributed by atoms with E-state index < -0.39 is 77.4 Å². The molecule has 12 aliphatic heterocycles. The van der Waals surface area contributed by atoms with Crippen molar-refractivity contribution in [2.45, 2.75) is 232 Å². The number of rotatable bonds is 24. The second kappa shape index (κ2) is 44.8. The molecule has 12 saturated heterocycles. The van der Waals surface area contributed by atoms with E-state index in [1.165, 1.54) is 0 Å². The fourth-order valence-corrected chi connectivity index (χ4v) is 21.4. The number of nitrogens with zero attached hydrogens (tertiary/aromatic N) is 17. The molecule has 0 bridgehead atoms. The first-order valence-corrected chi connectivity index (χ1v) is 47.8. The van der Waals surface area contributed by atoms with Crippen LogP contribution >= 0.6 is 0 Å². The average Bonchev–Trinajstić information content (AvgIpc) is 0.799. The minimum Gasteiger partial charge on any atom is -0.371 e. The van der Waals surface area contributed by atoms with Crippen molar-refractivity contribution in [2.24, 2.45) is 71.0 Å². The van der Waals surface area contributed by atoms with E-state index in [2.05, 4.69) is 153 Å². The minimum atomic E-state index is -2.65. The Bertz CT molecular complexity index is 3930. The largest absolute Gasteiger partial charge is 0.371 e. The van der Waals surface area contributed by atoms with E-state index in [4.69, 9.17) is 0 Å². The molecule has 0 saturated carbocycles. The lowest BCUT2D eigenvalue weighted by atomic mass is 9.76. The van der Waals surface area contributed by atoms with Gasteiger partial charge in [0.15, 0.2) is 5.82 Å². The molecule has 8 N–H and O–H groups in total. The Kier molecular flexibility index (Phi) is 33.9. The Morgan fingerprint density at radius 1 is 0.318 bits per heavy atom. The molecule has 0 aliphatic carbocycles. The molecule has 728 valence electrons. The van der Waals surface area contributed by atoms with Gasteiger partial charge in [0.1, 0.15) is 35.8 Å². The van der Waals surface area contributed by atoms with Crippen molar-refractivity contribution < 1.29 is 73.5 Å². The summed E-state index contributed by atoms with van der Waals surface area (Å²) in [6, 6.07) is -2.09. The van der Waals surface area contributed by atoms with Gasteiger partial charge in [-0.05, 0) is 176 Å². The van der Waals surface area contributed by atoms with Crippen molar-refractivity contribution in [3.8, 4) is 0 Å². The summed E-state index contributed by atoms with van der Waals surface area (Å²) in [6.07, 6.45) is 22.2. The maximum atomic E-state index is 14.9. The van der Waals surface area contributed by atoms with E-state index in [-0.39, 0.29) is 110 Å². The van der Waals surface area contributed by atoms with E-state index in [9.17, 15) is 73.5 Å². The average molecular weight is 1860 g/mol. The molecule has 33 nitrogen and oxygen atoms in total. The van der Waals surface area contributed by atoms with Gasteiger partial charge in [-0.2, -0.15) is 0 Å². The summed E-state index contributed by atoms with van der Waals surface area (Å²) in [4.78, 5) is 139. The van der Waals surface area contributed by atoms with Crippen LogP contribution in [0, 0.1) is 71.0 Å². The number of aromatic nitrogens is 9. The second-order valence-electron chi connectivity index (χ2n) is 40.0. The van der Waals surface area contributed by atoms with E-state index in [1.807, 2.05) is 29.4 Å². The molecule has 8 amide bonds. The molecule has 4 aromatic rings. The molecule has 0 radical (unpaired) electrons. The van der Waals surface area contributed by atoms with Crippen LogP contribution in [0.25, 0.3) is 0 Å². The lowest BCUT2D eigenvalue weighted by Crippen LogP contribution is -2.53. The highest BCUT2D eigenvalue weighted by atomic mass is 19.3. The van der Waals surface area contributed by atoms with Crippen LogP contribution in [-0.4, -0.2) is 291 Å². The zero-order valence-corrected chi connectivity index (χ0v) is 77.5. The maximum absolute atomic E-state index is 14.9. The Hall–Kier alpha value is -9.51. The SMILES string of the molecule is CC(C)CN1CCC(C2CCN(c3cnc(NC4CCC(=O)NC4=O)cn3)CC2)C(F)(F)C1.CC(C)CN1CCC(C2CCN(c3cnc(NC4CCC(=O)NC4=O)nc3)CC2)C(F)(F)C1.CC(C)CN1CCC(C2CCN(c3cnc(NC4CCC(=O)NC4=O)nn3)CC2)C(F)(F)C1.CC(C)CN1CCC(C2CCN(c3ncc(NC4CCC(=O)NC4=O)cn3)CC2)C(F)(F)C1. The Balaban J connectivity index is 0.000000150. The first-order chi connectivity index (χ1) is 62.8. The summed E-state index contributed by atoms with van der Waals surface area (Å²) < 4.78 is 119. The predicted octanol–water partition coefficient (Wildman–Crippen LogP) is 9.49. The van der Waals surface area contributed by atoms with Crippen LogP contribution in [-0.2, 0) is 38.4 Å². The third kappa shape index (κ3) is 27.4. The van der Waals surface area contributed by atoms with E-state index in [0.29, 0.717) is 201 Å². The molecule has 8 atom stereocenters. The van der Waals surface area contributed by atoms with Crippen LogP contribution in [0.4, 0.5) is 81.8 Å². The number of halogens is 8. The van der Waals surface area contributed by atoms with Crippen molar-refractivity contribution in [3.05, 3.63) is 43.4 Å². The molecule has 0 aromatic carbocycles. The highest BCUT2D eigenvalue weighted by molar-refractivity contribution is 6.03. The lowest BCUT2D eigenvalue weighted by molar-refractivity contribution is -0.135. The van der Waals surface area contributed by atoms with Crippen molar-refractivity contribution in [2.75, 3.05) is 172 Å². The van der Waals surface area contributed by atoms with Crippen LogP contribution in [0.15, 0.2) is 43.4 Å². The summed E-state index contributed by atoms with van der Waals surface area (Å²) in [6.45, 7) is 27.4. The van der Waals surface area contributed by atoms with E-state index in [1.54, 1.807) is 43.4 Å². The normalized spacial score (nSPS) is 27.0. The van der Waals surface area contributed by atoms with Gasteiger partial charge in [-0.1, -0.05) is 55.4 Å². The quantitative estimate of drug-likeness (QED) is 0.0239. The van der Waals surface area contributed by atoms with Crippen LogP contribution < -0.4 is 62.1 Å². The molecular formula is C91H135F8N25O8. The van der Waals surface area contributed by atoms with Gasteiger partial charge >= 0.3 is 0 Å². The smallest absolute Gasteiger partial charge is 0.263 e. The van der Waals surface area contributed by atoms with Gasteiger partial charge in [-0.15, -0.1) is 10.2 Å². The summed E-state index contributed by atoms with van der Waals surface area (Å²) in [5, 5.41) is 29.4. The molecular weight excluding hydrogens is 1720 g/mol. The molecule has 8 unspecified atom stereocenters. The lowest BCUT2D eigenvalue weighted by Gasteiger charge is -2.45. The predicted molar refractivity (Wildman–Crippen MR) is 482 cm³/mol. The molecule has 12 fully saturated rings. The summed E-state index contributed by atoms with van der Waals surface area (Å²) >= 11 is 0. The van der Waals surface area contributed by atoms with Gasteiger partial charge in [0.05, 0.1) is 80.9 Å². The maximum Gasteiger partial charge on any atom is 0.263 e. The van der Waals surface area contributed by atoms with Gasteiger partial charge in [-0.3, -0.25) is 79.2 Å². The van der Waals surface area contributed by atoms with Gasteiger partial charge < -0.3 is 40.9 Å². The minimum absolute atomic E-state index is 0.00633. The van der Waals surface area contributed by atoms with E-state index in [0.717, 1.165) is 83.7 Å². The highest BCUT2D eigenvalue weighted by Crippen LogP contribution is 2.47. The van der Waals surface area contributed by atoms with Gasteiger partial charge in [0, 0.05) is 128 Å². The standard InChI is InChI=1S/3C23H34F2N6O2.C22H33F2N7O2/c1-15(2)13-30-8-7-18(23(24,25)14-30)16-5-9-31(10-6-16)17-11-26-22(27-12-17)28-19-3-4-20(32)29-21(19)33;1-15(2)13-30-8-7-18(23(24,25)14-30)16-5-9-31(10-6-16)22-26-11-17(12-27-22)28-19-3-4-20(32)29-21(19)33;1-15(2)13-30-8-7-17(23(24,25)14-30)16-5-9-31(10-6-16)20-12-26-19(11-27-20)28-18-3-4-21(32)29-22(18)33;1-14(2)12-30-8-7-16(22(23,24)13-30)15-5-9-31(10-6-15)18-11-25-21(29-28-18)26-17-3-4-19(32)27-20(17)33/h11-12,15-16,18-19H,3-10,13-14H2,1-2H3,(H,26,27,28)(H,29,32,33);11-12,15-16,18-19,28H,3-10,13-14H2,1-2H3,(H,29,32,33);11-12,15-18H,3-10,13-14H2,1-2H3,(H,26,28)(H,29,32,33);11,14-17H,3-10,12-13H2,1-2H3,(H,25,26,29)(H,27,32,33). The Morgan fingerprint density at radius 3 is 0.947 bits per heavy atom. The highest BCUT2D eigenvalue weighted by Gasteiger charge is 2.53. The zero-order valence-electron chi connectivity index (χ0n) is 77.5. The first kappa shape index (κ1) is 100.0. The number of alkyl halides is 8. The number of carbonyl (C=O) groups is 8. The van der Waals surface area contributed by atoms with Crippen LogP contribution in [0.5, 0.6) is 0 Å². The Labute approximate surface area is 767 Å². The Morgan fingerprint density at radius 2 is 0.629 bits per heavy atom. The number of anilines is 8. The first-order valence-electron chi connectivity index (χ1n) is 47.8. The number of hydrogen-bond acceptors (Lipinski definition) is 29. The van der Waals surface area contributed by atoms with Gasteiger partial charge in [-0.25, -0.2) is 70.0 Å². The third-order valence-corrected chi connectivity index (χ3v) is 27.8. The van der Waals surface area contributed by atoms with Crippen LogP contribution in [0.2, 0.25) is 0 Å². The number of nitrogens with one attached hydrogen (secondary N) is 8. The summed E-state index contributed by atoms with van der Waals surface area (Å²) in [7, 11) is 0. The fraction of sp³-hybridized carbons (Fsp3) is 0.747. The van der Waals surface area contributed by atoms with Crippen LogP contribution in [0.3, 0.4) is 0 Å². The number of amides is 8. The van der Waals surface area contributed by atoms with Crippen molar-refractivity contribution in [1.82, 2.24) is 86.0 Å². The molecule has 12 aliphatic rings. The van der Waals surface area contributed by atoms with Gasteiger partial charge in [0.2, 0.25) is 65.1 Å². The van der Waals surface area contributed by atoms with Crippen LogP contribution in [0.1, 0.15) is 184 Å². The number of likely N-dealkylation sites (tertiary alicyclic amines) is 4. The molecule has 16 rings (SSSR count). The number of piperidine rings is 12. The van der Waals surface area contributed by atoms with E-state index >= 15 is 0 Å². The zero-order chi connectivity index (χ0) is 94.3. The third-order valence-electron chi connectivity index (χ3n) is 27.8. The number of carbonyl (C=O) groups excluding carboxylic acids is 8. The molecule has 4 aromatic heterocycles. The summed E-state index contributed by atoms with van der Waals surface area (Å²) in [5.41, 5.74) is 1.46. The molecule has 132 heavy (non-hydrogen) atoms. The topological polar surface area (TPSA) is 375 Å². The number of imide groups is 4. The monoisotopic (exact) mass is 1860 g/mol. The molecule has 16 heterocycles.